The Morgan fingerprint density at radius 3 is 2.84 bits per heavy atom. The second-order valence-corrected chi connectivity index (χ2v) is 4.70. The maximum atomic E-state index is 12.1. The first-order chi connectivity index (χ1) is 9.25. The van der Waals surface area contributed by atoms with Crippen molar-refractivity contribution in [1.29, 1.82) is 0 Å². The van der Waals surface area contributed by atoms with Crippen LogP contribution in [-0.4, -0.2) is 20.6 Å². The van der Waals surface area contributed by atoms with Crippen LogP contribution in [0.25, 0.3) is 10.8 Å². The van der Waals surface area contributed by atoms with E-state index < -0.39 is 0 Å². The smallest absolute Gasteiger partial charge is 0.260 e. The molecule has 5 nitrogen and oxygen atoms in total. The van der Waals surface area contributed by atoms with Gasteiger partial charge in [0.2, 0.25) is 0 Å². The summed E-state index contributed by atoms with van der Waals surface area (Å²) in [5, 5.41) is 18.5. The summed E-state index contributed by atoms with van der Waals surface area (Å²) in [6.07, 6.45) is 1.46. The maximum absolute atomic E-state index is 12.1. The summed E-state index contributed by atoms with van der Waals surface area (Å²) in [4.78, 5) is 12.1. The van der Waals surface area contributed by atoms with Crippen LogP contribution in [-0.2, 0) is 0 Å². The third-order valence-electron chi connectivity index (χ3n) is 2.74. The van der Waals surface area contributed by atoms with Gasteiger partial charge in [0.05, 0.1) is 11.8 Å². The Bertz CT molecular complexity index is 741. The molecule has 94 valence electrons. The van der Waals surface area contributed by atoms with Gasteiger partial charge in [0.15, 0.2) is 0 Å². The van der Waals surface area contributed by atoms with Gasteiger partial charge in [0.1, 0.15) is 10.8 Å². The number of nitrogens with zero attached hydrogens (tertiary/aromatic N) is 2. The lowest BCUT2D eigenvalue weighted by Gasteiger charge is -2.07. The number of hydrogen-bond acceptors (Lipinski definition) is 5. The number of benzene rings is 2. The SMILES string of the molecule is O=C(Nc1cnns1)c1ccc2ccccc2c1O. The van der Waals surface area contributed by atoms with Crippen molar-refractivity contribution in [2.24, 2.45) is 0 Å². The highest BCUT2D eigenvalue weighted by Gasteiger charge is 2.14. The normalized spacial score (nSPS) is 10.5. The van der Waals surface area contributed by atoms with Crippen LogP contribution in [0.1, 0.15) is 10.4 Å². The Kier molecular flexibility index (Phi) is 2.85. The molecule has 0 unspecified atom stereocenters. The quantitative estimate of drug-likeness (QED) is 0.751. The minimum atomic E-state index is -0.380. The minimum absolute atomic E-state index is 0.0203. The average molecular weight is 271 g/mol. The van der Waals surface area contributed by atoms with E-state index in [2.05, 4.69) is 14.9 Å². The largest absolute Gasteiger partial charge is 0.506 e. The van der Waals surface area contributed by atoms with Gasteiger partial charge in [-0.15, -0.1) is 5.10 Å². The van der Waals surface area contributed by atoms with Crippen LogP contribution in [0, 0.1) is 0 Å². The zero-order valence-corrected chi connectivity index (χ0v) is 10.5. The number of aromatic hydroxyl groups is 1. The molecule has 0 aliphatic heterocycles. The third kappa shape index (κ3) is 2.13. The molecule has 0 aliphatic rings. The van der Waals surface area contributed by atoms with E-state index in [1.54, 1.807) is 18.2 Å². The molecular formula is C13H9N3O2S. The second kappa shape index (κ2) is 4.66. The van der Waals surface area contributed by atoms with Gasteiger partial charge in [-0.2, -0.15) is 0 Å². The number of nitrogens with one attached hydrogen (secondary N) is 1. The molecule has 0 saturated heterocycles. The van der Waals surface area contributed by atoms with Crippen molar-refractivity contribution in [1.82, 2.24) is 9.59 Å². The molecule has 1 aromatic heterocycles. The van der Waals surface area contributed by atoms with Crippen molar-refractivity contribution < 1.29 is 9.90 Å². The summed E-state index contributed by atoms with van der Waals surface area (Å²) < 4.78 is 3.66. The predicted molar refractivity (Wildman–Crippen MR) is 73.5 cm³/mol. The number of phenolic OH excluding ortho intramolecular Hbond substituents is 1. The van der Waals surface area contributed by atoms with Gasteiger partial charge in [-0.3, -0.25) is 4.79 Å². The lowest BCUT2D eigenvalue weighted by molar-refractivity contribution is 0.102. The fraction of sp³-hybridized carbons (Fsp3) is 0. The fourth-order valence-corrected chi connectivity index (χ4v) is 2.25. The standard InChI is InChI=1S/C13H9N3O2S/c17-12-9-4-2-1-3-8(9)5-6-10(12)13(18)15-11-7-14-16-19-11/h1-7,17H,(H,15,18). The molecule has 1 heterocycles. The Labute approximate surface area is 112 Å². The van der Waals surface area contributed by atoms with E-state index in [1.807, 2.05) is 18.2 Å². The summed E-state index contributed by atoms with van der Waals surface area (Å²) >= 11 is 1.08. The first-order valence-corrected chi connectivity index (χ1v) is 6.32. The Morgan fingerprint density at radius 2 is 2.05 bits per heavy atom. The van der Waals surface area contributed by atoms with E-state index in [0.717, 1.165) is 16.9 Å². The number of rotatable bonds is 2. The first kappa shape index (κ1) is 11.6. The van der Waals surface area contributed by atoms with E-state index in [-0.39, 0.29) is 17.2 Å². The van der Waals surface area contributed by atoms with Gasteiger partial charge >= 0.3 is 0 Å². The van der Waals surface area contributed by atoms with E-state index in [4.69, 9.17) is 0 Å². The molecule has 6 heteroatoms. The van der Waals surface area contributed by atoms with Crippen LogP contribution in [0.5, 0.6) is 5.75 Å². The van der Waals surface area contributed by atoms with E-state index in [0.29, 0.717) is 10.4 Å². The number of carbonyl (C=O) groups excluding carboxylic acids is 1. The van der Waals surface area contributed by atoms with Crippen LogP contribution in [0.3, 0.4) is 0 Å². The second-order valence-electron chi connectivity index (χ2n) is 3.92. The average Bonchev–Trinajstić information content (AvgIpc) is 2.92. The highest BCUT2D eigenvalue weighted by atomic mass is 32.1. The fourth-order valence-electron chi connectivity index (χ4n) is 1.84. The molecule has 3 aromatic rings. The van der Waals surface area contributed by atoms with Crippen molar-refractivity contribution in [2.75, 3.05) is 5.32 Å². The molecule has 1 amide bonds. The van der Waals surface area contributed by atoms with Gasteiger partial charge in [-0.05, 0) is 11.5 Å². The number of amides is 1. The number of fused-ring (bicyclic) bond motifs is 1. The topological polar surface area (TPSA) is 75.1 Å². The Morgan fingerprint density at radius 1 is 1.21 bits per heavy atom. The number of hydrogen-bond donors (Lipinski definition) is 2. The zero-order chi connectivity index (χ0) is 13.2. The molecule has 2 aromatic carbocycles. The first-order valence-electron chi connectivity index (χ1n) is 5.55. The van der Waals surface area contributed by atoms with Crippen molar-refractivity contribution in [3.8, 4) is 5.75 Å². The molecule has 3 rings (SSSR count). The summed E-state index contributed by atoms with van der Waals surface area (Å²) in [5.41, 5.74) is 0.229. The Balaban J connectivity index is 2.01. The van der Waals surface area contributed by atoms with E-state index >= 15 is 0 Å². The van der Waals surface area contributed by atoms with E-state index in [9.17, 15) is 9.90 Å². The lowest BCUT2D eigenvalue weighted by atomic mass is 10.0. The summed E-state index contributed by atoms with van der Waals surface area (Å²) in [6, 6.07) is 10.7. The molecule has 0 atom stereocenters. The molecule has 2 N–H and O–H groups in total. The van der Waals surface area contributed by atoms with Crippen LogP contribution in [0.15, 0.2) is 42.6 Å². The third-order valence-corrected chi connectivity index (χ3v) is 3.32. The highest BCUT2D eigenvalue weighted by molar-refractivity contribution is 7.10. The van der Waals surface area contributed by atoms with Crippen LogP contribution in [0.4, 0.5) is 5.00 Å². The molecule has 0 aliphatic carbocycles. The van der Waals surface area contributed by atoms with Gasteiger partial charge in [0.25, 0.3) is 5.91 Å². The number of aromatic nitrogens is 2. The van der Waals surface area contributed by atoms with Crippen LogP contribution < -0.4 is 5.32 Å². The van der Waals surface area contributed by atoms with Crippen molar-refractivity contribution in [3.63, 3.8) is 0 Å². The summed E-state index contributed by atoms with van der Waals surface area (Å²) in [7, 11) is 0. The molecule has 0 bridgehead atoms. The zero-order valence-electron chi connectivity index (χ0n) is 9.70. The molecule has 0 radical (unpaired) electrons. The van der Waals surface area contributed by atoms with Crippen molar-refractivity contribution >= 4 is 33.2 Å². The van der Waals surface area contributed by atoms with Crippen LogP contribution >= 0.6 is 11.5 Å². The molecular weight excluding hydrogens is 262 g/mol. The highest BCUT2D eigenvalue weighted by Crippen LogP contribution is 2.29. The van der Waals surface area contributed by atoms with Crippen molar-refractivity contribution in [3.05, 3.63) is 48.2 Å². The number of phenols is 1. The number of anilines is 1. The van der Waals surface area contributed by atoms with Crippen molar-refractivity contribution in [2.45, 2.75) is 0 Å². The lowest BCUT2D eigenvalue weighted by Crippen LogP contribution is -2.11. The molecule has 19 heavy (non-hydrogen) atoms. The predicted octanol–water partition coefficient (Wildman–Crippen LogP) is 2.65. The molecule has 0 spiro atoms. The molecule has 0 fully saturated rings. The summed E-state index contributed by atoms with van der Waals surface area (Å²) in [6.45, 7) is 0. The molecule has 0 saturated carbocycles. The Hall–Kier alpha value is -2.47. The van der Waals surface area contributed by atoms with E-state index in [1.165, 1.54) is 6.20 Å². The summed E-state index contributed by atoms with van der Waals surface area (Å²) in [5.74, 6) is -0.401. The number of carbonyl (C=O) groups is 1. The van der Waals surface area contributed by atoms with Gasteiger partial charge < -0.3 is 10.4 Å². The van der Waals surface area contributed by atoms with Gasteiger partial charge in [-0.25, -0.2) is 0 Å². The monoisotopic (exact) mass is 271 g/mol. The maximum Gasteiger partial charge on any atom is 0.260 e. The van der Waals surface area contributed by atoms with Crippen LogP contribution in [0.2, 0.25) is 0 Å². The van der Waals surface area contributed by atoms with Gasteiger partial charge in [0, 0.05) is 16.9 Å². The van der Waals surface area contributed by atoms with Gasteiger partial charge in [-0.1, -0.05) is 34.8 Å². The minimum Gasteiger partial charge on any atom is -0.506 e.